The van der Waals surface area contributed by atoms with Crippen molar-refractivity contribution in [1.29, 1.82) is 5.26 Å². The zero-order valence-corrected chi connectivity index (χ0v) is 9.77. The number of benzene rings is 1. The van der Waals surface area contributed by atoms with Gasteiger partial charge in [0.05, 0.1) is 18.2 Å². The van der Waals surface area contributed by atoms with Crippen molar-refractivity contribution >= 4 is 6.03 Å². The van der Waals surface area contributed by atoms with Gasteiger partial charge in [0.2, 0.25) is 0 Å². The van der Waals surface area contributed by atoms with Crippen LogP contribution in [0.5, 0.6) is 0 Å². The van der Waals surface area contributed by atoms with Crippen LogP contribution in [0.25, 0.3) is 0 Å². The summed E-state index contributed by atoms with van der Waals surface area (Å²) in [5.74, 6) is 5.09. The molecule has 1 fully saturated rings. The van der Waals surface area contributed by atoms with Crippen molar-refractivity contribution in [3.05, 3.63) is 35.1 Å². The third-order valence-corrected chi connectivity index (χ3v) is 2.88. The van der Waals surface area contributed by atoms with Crippen molar-refractivity contribution in [2.24, 2.45) is 5.84 Å². The number of carbonyl (C=O) groups is 1. The molecule has 94 valence electrons. The summed E-state index contributed by atoms with van der Waals surface area (Å²) in [5, 5.41) is 9.89. The van der Waals surface area contributed by atoms with Gasteiger partial charge in [-0.3, -0.25) is 5.01 Å². The second kappa shape index (κ2) is 5.02. The lowest BCUT2D eigenvalue weighted by Crippen LogP contribution is -2.52. The molecular formula is C12H13FN4O. The first-order valence-electron chi connectivity index (χ1n) is 5.61. The fourth-order valence-electron chi connectivity index (χ4n) is 1.92. The third-order valence-electron chi connectivity index (χ3n) is 2.88. The van der Waals surface area contributed by atoms with Gasteiger partial charge in [-0.25, -0.2) is 15.0 Å². The van der Waals surface area contributed by atoms with E-state index in [1.807, 2.05) is 6.07 Å². The average Bonchev–Trinajstić information content (AvgIpc) is 2.37. The van der Waals surface area contributed by atoms with Crippen LogP contribution in [0.2, 0.25) is 0 Å². The molecule has 5 nitrogen and oxygen atoms in total. The molecule has 0 bridgehead atoms. The molecule has 0 unspecified atom stereocenters. The molecule has 0 saturated carbocycles. The van der Waals surface area contributed by atoms with E-state index in [1.165, 1.54) is 23.1 Å². The van der Waals surface area contributed by atoms with Crippen molar-refractivity contribution in [2.75, 3.05) is 13.1 Å². The van der Waals surface area contributed by atoms with Crippen LogP contribution >= 0.6 is 0 Å². The molecule has 0 atom stereocenters. The summed E-state index contributed by atoms with van der Waals surface area (Å²) in [7, 11) is 0. The normalized spacial score (nSPS) is 15.7. The molecule has 1 aromatic rings. The Morgan fingerprint density at radius 3 is 2.94 bits per heavy atom. The van der Waals surface area contributed by atoms with Crippen molar-refractivity contribution in [3.63, 3.8) is 0 Å². The van der Waals surface area contributed by atoms with Crippen LogP contribution in [0.1, 0.15) is 17.5 Å². The number of nitrogens with two attached hydrogens (primary N) is 1. The number of urea groups is 1. The Labute approximate surface area is 104 Å². The molecule has 2 amide bonds. The van der Waals surface area contributed by atoms with E-state index >= 15 is 0 Å². The zero-order chi connectivity index (χ0) is 13.1. The van der Waals surface area contributed by atoms with E-state index in [9.17, 15) is 9.18 Å². The second-order valence-corrected chi connectivity index (χ2v) is 4.17. The van der Waals surface area contributed by atoms with E-state index in [-0.39, 0.29) is 12.6 Å². The third kappa shape index (κ3) is 2.41. The zero-order valence-electron chi connectivity index (χ0n) is 9.77. The van der Waals surface area contributed by atoms with E-state index in [0.717, 1.165) is 11.4 Å². The van der Waals surface area contributed by atoms with Gasteiger partial charge in [-0.05, 0) is 24.6 Å². The number of hydrogen-bond acceptors (Lipinski definition) is 3. The van der Waals surface area contributed by atoms with Gasteiger partial charge >= 0.3 is 6.03 Å². The molecule has 1 aromatic carbocycles. The molecule has 2 N–H and O–H groups in total. The maximum Gasteiger partial charge on any atom is 0.334 e. The number of nitrogens with zero attached hydrogens (tertiary/aromatic N) is 3. The summed E-state index contributed by atoms with van der Waals surface area (Å²) in [5.41, 5.74) is 0.707. The fourth-order valence-corrected chi connectivity index (χ4v) is 1.92. The molecule has 0 aliphatic carbocycles. The lowest BCUT2D eigenvalue weighted by Gasteiger charge is -2.32. The number of halogens is 1. The minimum absolute atomic E-state index is 0.133. The summed E-state index contributed by atoms with van der Waals surface area (Å²) in [6, 6.07) is 5.73. The van der Waals surface area contributed by atoms with Crippen LogP contribution in [-0.2, 0) is 6.54 Å². The number of rotatable bonds is 2. The van der Waals surface area contributed by atoms with Gasteiger partial charge in [0.15, 0.2) is 0 Å². The second-order valence-electron chi connectivity index (χ2n) is 4.17. The Morgan fingerprint density at radius 2 is 2.22 bits per heavy atom. The topological polar surface area (TPSA) is 73.4 Å². The van der Waals surface area contributed by atoms with Crippen LogP contribution in [0.4, 0.5) is 9.18 Å². The lowest BCUT2D eigenvalue weighted by atomic mass is 10.1. The van der Waals surface area contributed by atoms with E-state index in [1.54, 1.807) is 0 Å². The molecular weight excluding hydrogens is 235 g/mol. The first kappa shape index (κ1) is 12.3. The maximum absolute atomic E-state index is 13.6. The number of amides is 2. The van der Waals surface area contributed by atoms with Gasteiger partial charge in [-0.15, -0.1) is 0 Å². The highest BCUT2D eigenvalue weighted by molar-refractivity contribution is 5.74. The fraction of sp³-hybridized carbons (Fsp3) is 0.333. The van der Waals surface area contributed by atoms with Crippen LogP contribution < -0.4 is 5.84 Å². The maximum atomic E-state index is 13.6. The number of hydrazine groups is 1. The highest BCUT2D eigenvalue weighted by Crippen LogP contribution is 2.15. The van der Waals surface area contributed by atoms with Crippen LogP contribution in [0, 0.1) is 17.1 Å². The van der Waals surface area contributed by atoms with Crippen molar-refractivity contribution in [2.45, 2.75) is 13.0 Å². The van der Waals surface area contributed by atoms with E-state index < -0.39 is 5.82 Å². The lowest BCUT2D eigenvalue weighted by molar-refractivity contribution is 0.126. The van der Waals surface area contributed by atoms with E-state index in [2.05, 4.69) is 0 Å². The summed E-state index contributed by atoms with van der Waals surface area (Å²) in [6.07, 6.45) is 0.752. The summed E-state index contributed by atoms with van der Waals surface area (Å²) in [6.45, 7) is 1.19. The standard InChI is InChI=1S/C12H13FN4O/c13-11-3-2-9(7-14)6-10(11)8-16-4-1-5-17(15)12(16)18/h2-3,6H,1,4-5,8,15H2. The Kier molecular flexibility index (Phi) is 3.44. The Hall–Kier alpha value is -2.13. The highest BCUT2D eigenvalue weighted by atomic mass is 19.1. The van der Waals surface area contributed by atoms with Crippen molar-refractivity contribution in [1.82, 2.24) is 9.91 Å². The molecule has 1 saturated heterocycles. The van der Waals surface area contributed by atoms with Gasteiger partial charge in [0.1, 0.15) is 5.82 Å². The Bertz CT molecular complexity index is 511. The minimum Gasteiger partial charge on any atom is -0.319 e. The summed E-state index contributed by atoms with van der Waals surface area (Å²) < 4.78 is 13.6. The highest BCUT2D eigenvalue weighted by Gasteiger charge is 2.24. The molecule has 1 aliphatic heterocycles. The molecule has 2 rings (SSSR count). The van der Waals surface area contributed by atoms with Gasteiger partial charge in [-0.2, -0.15) is 5.26 Å². The van der Waals surface area contributed by atoms with Gasteiger partial charge in [0, 0.05) is 18.7 Å². The SMILES string of the molecule is N#Cc1ccc(F)c(CN2CCCN(N)C2=O)c1. The monoisotopic (exact) mass is 248 g/mol. The molecule has 1 aliphatic rings. The van der Waals surface area contributed by atoms with Crippen molar-refractivity contribution in [3.8, 4) is 6.07 Å². The summed E-state index contributed by atoms with van der Waals surface area (Å²) in [4.78, 5) is 13.2. The quantitative estimate of drug-likeness (QED) is 0.631. The smallest absolute Gasteiger partial charge is 0.319 e. The van der Waals surface area contributed by atoms with Crippen LogP contribution in [0.15, 0.2) is 18.2 Å². The average molecular weight is 248 g/mol. The number of carbonyl (C=O) groups excluding carboxylic acids is 1. The first-order chi connectivity index (χ1) is 8.61. The Balaban J connectivity index is 2.18. The Morgan fingerprint density at radius 1 is 1.44 bits per heavy atom. The van der Waals surface area contributed by atoms with Crippen molar-refractivity contribution < 1.29 is 9.18 Å². The van der Waals surface area contributed by atoms with E-state index in [0.29, 0.717) is 24.2 Å². The predicted molar refractivity (Wildman–Crippen MR) is 62.4 cm³/mol. The largest absolute Gasteiger partial charge is 0.334 e. The molecule has 18 heavy (non-hydrogen) atoms. The molecule has 1 heterocycles. The van der Waals surface area contributed by atoms with Gasteiger partial charge in [-0.1, -0.05) is 0 Å². The van der Waals surface area contributed by atoms with Gasteiger partial charge < -0.3 is 4.90 Å². The number of nitriles is 1. The molecule has 0 aromatic heterocycles. The predicted octanol–water partition coefficient (Wildman–Crippen LogP) is 1.20. The van der Waals surface area contributed by atoms with Crippen LogP contribution in [0.3, 0.4) is 0 Å². The minimum atomic E-state index is -0.420. The molecule has 0 radical (unpaired) electrons. The summed E-state index contributed by atoms with van der Waals surface area (Å²) >= 11 is 0. The molecule has 6 heteroatoms. The first-order valence-corrected chi connectivity index (χ1v) is 5.61. The van der Waals surface area contributed by atoms with Gasteiger partial charge in [0.25, 0.3) is 0 Å². The number of hydrogen-bond donors (Lipinski definition) is 1. The molecule has 0 spiro atoms. The van der Waals surface area contributed by atoms with Crippen LogP contribution in [-0.4, -0.2) is 29.0 Å². The van der Waals surface area contributed by atoms with E-state index in [4.69, 9.17) is 11.1 Å².